The Hall–Kier alpha value is -4.04. The van der Waals surface area contributed by atoms with Gasteiger partial charge >= 0.3 is 11.9 Å². The van der Waals surface area contributed by atoms with E-state index in [0.717, 1.165) is 44.5 Å². The number of nitrogens with zero attached hydrogens (tertiary/aromatic N) is 4. The smallest absolute Gasteiger partial charge is 0.349 e. The third-order valence-corrected chi connectivity index (χ3v) is 11.2. The number of ether oxygens (including phenoxy) is 2. The van der Waals surface area contributed by atoms with Crippen molar-refractivity contribution in [2.45, 2.75) is 46.6 Å². The highest BCUT2D eigenvalue weighted by atomic mass is 32.2. The number of hydrogen-bond donors (Lipinski definition) is 0. The van der Waals surface area contributed by atoms with E-state index in [4.69, 9.17) is 19.1 Å². The topological polar surface area (TPSA) is 103 Å². The molecule has 4 atom stereocenters. The number of morpholine rings is 2. The van der Waals surface area contributed by atoms with Gasteiger partial charge in [-0.3, -0.25) is 0 Å². The summed E-state index contributed by atoms with van der Waals surface area (Å²) in [6.07, 6.45) is 5.22. The third kappa shape index (κ3) is 9.81. The summed E-state index contributed by atoms with van der Waals surface area (Å²) in [5.74, 6) is -1.34. The number of rotatable bonds is 12. The Morgan fingerprint density at radius 3 is 1.50 bits per heavy atom. The number of pyridine rings is 2. The van der Waals surface area contributed by atoms with Crippen molar-refractivity contribution >= 4 is 35.5 Å². The number of carbonyl (C=O) groups excluding carboxylic acids is 2. The predicted molar refractivity (Wildman–Crippen MR) is 192 cm³/mol. The lowest BCUT2D eigenvalue weighted by atomic mass is 10.1. The molecule has 12 heteroatoms. The van der Waals surface area contributed by atoms with E-state index in [2.05, 4.69) is 34.2 Å². The molecule has 0 amide bonds. The van der Waals surface area contributed by atoms with Crippen molar-refractivity contribution in [2.24, 2.45) is 0 Å². The molecule has 2 aromatic carbocycles. The van der Waals surface area contributed by atoms with Gasteiger partial charge in [0.15, 0.2) is 0 Å². The lowest BCUT2D eigenvalue weighted by Gasteiger charge is -2.35. The molecule has 10 nitrogen and oxygen atoms in total. The largest absolute Gasteiger partial charge is 0.374 e. The molecule has 2 unspecified atom stereocenters. The van der Waals surface area contributed by atoms with Crippen molar-refractivity contribution in [1.29, 1.82) is 0 Å². The van der Waals surface area contributed by atoms with Gasteiger partial charge < -0.3 is 19.1 Å². The van der Waals surface area contributed by atoms with Crippen LogP contribution in [0.2, 0.25) is 0 Å². The summed E-state index contributed by atoms with van der Waals surface area (Å²) < 4.78 is 12.4. The van der Waals surface area contributed by atoms with E-state index in [0.29, 0.717) is 39.4 Å². The van der Waals surface area contributed by atoms with Gasteiger partial charge in [-0.1, -0.05) is 96.3 Å². The Morgan fingerprint density at radius 2 is 1.10 bits per heavy atom. The number of benzene rings is 2. The number of aryl methyl sites for hydroxylation is 2. The minimum atomic E-state index is -0.668. The first kappa shape index (κ1) is 35.8. The molecule has 2 fully saturated rings. The van der Waals surface area contributed by atoms with Gasteiger partial charge in [0.1, 0.15) is 0 Å². The summed E-state index contributed by atoms with van der Waals surface area (Å²) in [5, 5.41) is 4.86. The summed E-state index contributed by atoms with van der Waals surface area (Å²) in [7, 11) is 0. The number of hydrogen-bond acceptors (Lipinski definition) is 12. The molecule has 260 valence electrons. The zero-order chi connectivity index (χ0) is 34.7. The summed E-state index contributed by atoms with van der Waals surface area (Å²) in [6, 6.07) is 28.1. The normalized spacial score (nSPS) is 19.9. The van der Waals surface area contributed by atoms with E-state index in [9.17, 15) is 9.59 Å². The average Bonchev–Trinajstić information content (AvgIpc) is 3.14. The van der Waals surface area contributed by atoms with Gasteiger partial charge in [0.2, 0.25) is 0 Å². The number of aromatic nitrogens is 2. The van der Waals surface area contributed by atoms with Gasteiger partial charge in [-0.2, -0.15) is 0 Å². The fourth-order valence-electron chi connectivity index (χ4n) is 5.72. The van der Waals surface area contributed by atoms with Crippen LogP contribution in [0, 0.1) is 13.8 Å². The highest BCUT2D eigenvalue weighted by molar-refractivity contribution is 7.99. The van der Waals surface area contributed by atoms with E-state index in [1.165, 1.54) is 0 Å². The van der Waals surface area contributed by atoms with Crippen LogP contribution in [-0.4, -0.2) is 83.6 Å². The van der Waals surface area contributed by atoms with Gasteiger partial charge in [0.05, 0.1) is 72.2 Å². The summed E-state index contributed by atoms with van der Waals surface area (Å²) >= 11 is 3.26. The lowest BCUT2D eigenvalue weighted by Crippen LogP contribution is -2.45. The van der Waals surface area contributed by atoms with Gasteiger partial charge in [0, 0.05) is 24.5 Å². The van der Waals surface area contributed by atoms with E-state index >= 15 is 0 Å². The SMILES string of the molecule is Cc1cccnc1SC(c1ccccc1)[C@@H]1CN(OC(=O)/C=C/C(=O)ON2CCO[C@H](C(Sc3ncccc3C)c3ccccc3)C2)CCO1. The zero-order valence-corrected chi connectivity index (χ0v) is 29.6. The Balaban J connectivity index is 1.04. The van der Waals surface area contributed by atoms with Crippen LogP contribution in [-0.2, 0) is 28.7 Å². The second kappa shape index (κ2) is 17.8. The predicted octanol–water partition coefficient (Wildman–Crippen LogP) is 6.33. The van der Waals surface area contributed by atoms with Crippen LogP contribution in [0.3, 0.4) is 0 Å². The minimum absolute atomic E-state index is 0.0814. The van der Waals surface area contributed by atoms with Crippen molar-refractivity contribution in [3.63, 3.8) is 0 Å². The molecule has 2 aliphatic heterocycles. The van der Waals surface area contributed by atoms with E-state index in [1.54, 1.807) is 46.0 Å². The van der Waals surface area contributed by atoms with Crippen LogP contribution < -0.4 is 0 Å². The fraction of sp³-hybridized carbons (Fsp3) is 0.316. The number of thioether (sulfide) groups is 2. The molecule has 50 heavy (non-hydrogen) atoms. The molecule has 6 rings (SSSR count). The Morgan fingerprint density at radius 1 is 0.680 bits per heavy atom. The van der Waals surface area contributed by atoms with Crippen LogP contribution in [0.5, 0.6) is 0 Å². The second-order valence-corrected chi connectivity index (χ2v) is 14.2. The molecule has 0 N–H and O–H groups in total. The van der Waals surface area contributed by atoms with Crippen LogP contribution >= 0.6 is 23.5 Å². The Labute approximate surface area is 301 Å². The van der Waals surface area contributed by atoms with Crippen molar-refractivity contribution in [3.8, 4) is 0 Å². The molecule has 4 aromatic rings. The zero-order valence-electron chi connectivity index (χ0n) is 28.0. The monoisotopic (exact) mass is 712 g/mol. The van der Waals surface area contributed by atoms with Gasteiger partial charge in [-0.25, -0.2) is 19.6 Å². The van der Waals surface area contributed by atoms with Crippen LogP contribution in [0.4, 0.5) is 0 Å². The van der Waals surface area contributed by atoms with E-state index < -0.39 is 11.9 Å². The van der Waals surface area contributed by atoms with Crippen molar-refractivity contribution < 1.29 is 28.7 Å². The third-order valence-electron chi connectivity index (χ3n) is 8.24. The van der Waals surface area contributed by atoms with E-state index in [1.807, 2.05) is 74.5 Å². The Kier molecular flexibility index (Phi) is 12.7. The fourth-order valence-corrected chi connectivity index (χ4v) is 8.17. The second-order valence-electron chi connectivity index (χ2n) is 11.9. The molecule has 0 spiro atoms. The van der Waals surface area contributed by atoms with Gasteiger partial charge in [-0.15, -0.1) is 10.1 Å². The van der Waals surface area contributed by atoms with Gasteiger partial charge in [0.25, 0.3) is 0 Å². The van der Waals surface area contributed by atoms with Crippen LogP contribution in [0.1, 0.15) is 32.8 Å². The quantitative estimate of drug-likeness (QED) is 0.121. The molecule has 2 saturated heterocycles. The first-order valence-corrected chi connectivity index (χ1v) is 18.3. The molecule has 4 heterocycles. The van der Waals surface area contributed by atoms with Crippen molar-refractivity contribution in [2.75, 3.05) is 39.4 Å². The first-order chi connectivity index (χ1) is 24.4. The molecule has 2 aromatic heterocycles. The highest BCUT2D eigenvalue weighted by Gasteiger charge is 2.34. The maximum absolute atomic E-state index is 12.8. The average molecular weight is 713 g/mol. The van der Waals surface area contributed by atoms with Crippen LogP contribution in [0.15, 0.2) is 120 Å². The number of carbonyl (C=O) groups is 2. The minimum Gasteiger partial charge on any atom is -0.374 e. The van der Waals surface area contributed by atoms with E-state index in [-0.39, 0.29) is 22.7 Å². The maximum atomic E-state index is 12.8. The molecule has 2 aliphatic rings. The maximum Gasteiger partial charge on any atom is 0.349 e. The van der Waals surface area contributed by atoms with Gasteiger partial charge in [-0.05, 0) is 48.2 Å². The molecule has 0 bridgehead atoms. The molecule has 0 radical (unpaired) electrons. The summed E-state index contributed by atoms with van der Waals surface area (Å²) in [4.78, 5) is 46.1. The molecule has 0 aliphatic carbocycles. The molecular formula is C38H40N4O6S2. The number of hydroxylamine groups is 4. The van der Waals surface area contributed by atoms with Crippen LogP contribution in [0.25, 0.3) is 0 Å². The summed E-state index contributed by atoms with van der Waals surface area (Å²) in [5.41, 5.74) is 4.34. The molecular weight excluding hydrogens is 673 g/mol. The molecule has 0 saturated carbocycles. The van der Waals surface area contributed by atoms with Crippen molar-refractivity contribution in [3.05, 3.63) is 132 Å². The Bertz CT molecular complexity index is 1620. The summed E-state index contributed by atoms with van der Waals surface area (Å²) in [6.45, 7) is 6.36. The van der Waals surface area contributed by atoms with Crippen molar-refractivity contribution in [1.82, 2.24) is 20.1 Å². The standard InChI is InChI=1S/C38H40N4O6S2/c1-27-11-9-19-39-37(27)49-35(29-13-5-3-6-14-29)31-25-41(21-23-45-31)47-33(43)17-18-34(44)48-42-22-24-46-32(26-42)36(30-15-7-4-8-16-30)50-38-28(2)12-10-20-40-38/h3-20,31-32,35-36H,21-26H2,1-2H3/b18-17+/t31-,32-,35?,36?/m0/s1. The first-order valence-electron chi connectivity index (χ1n) is 16.5. The lowest BCUT2D eigenvalue weighted by molar-refractivity contribution is -0.212. The highest BCUT2D eigenvalue weighted by Crippen LogP contribution is 2.41.